The summed E-state index contributed by atoms with van der Waals surface area (Å²) in [6, 6.07) is 6.17. The number of morpholine rings is 1. The van der Waals surface area contributed by atoms with Crippen LogP contribution in [-0.2, 0) is 10.9 Å². The van der Waals surface area contributed by atoms with Crippen LogP contribution in [0.3, 0.4) is 0 Å². The van der Waals surface area contributed by atoms with E-state index in [1.807, 2.05) is 0 Å². The molecule has 0 bridgehead atoms. The van der Waals surface area contributed by atoms with E-state index in [1.54, 1.807) is 0 Å². The third-order valence-electron chi connectivity index (χ3n) is 4.49. The van der Waals surface area contributed by atoms with Gasteiger partial charge >= 0.3 is 6.18 Å². The summed E-state index contributed by atoms with van der Waals surface area (Å²) in [4.78, 5) is 13.8. The van der Waals surface area contributed by atoms with Gasteiger partial charge in [-0.3, -0.25) is 4.79 Å². The highest BCUT2D eigenvalue weighted by atomic mass is 19.4. The van der Waals surface area contributed by atoms with Crippen molar-refractivity contribution in [3.8, 4) is 11.5 Å². The number of alkyl halides is 3. The Labute approximate surface area is 168 Å². The van der Waals surface area contributed by atoms with E-state index in [-0.39, 0.29) is 37.8 Å². The number of rotatable bonds is 5. The monoisotopic (exact) mass is 431 g/mol. The predicted octanol–water partition coefficient (Wildman–Crippen LogP) is 3.91. The van der Waals surface area contributed by atoms with Crippen LogP contribution >= 0.6 is 0 Å². The van der Waals surface area contributed by atoms with Gasteiger partial charge in [0.1, 0.15) is 41.4 Å². The largest absolute Gasteiger partial charge is 0.497 e. The van der Waals surface area contributed by atoms with Gasteiger partial charge in [0.15, 0.2) is 0 Å². The Balaban J connectivity index is 1.65. The minimum atomic E-state index is -4.50. The molecule has 0 radical (unpaired) electrons. The lowest BCUT2D eigenvalue weighted by Crippen LogP contribution is -2.48. The molecule has 1 fully saturated rings. The summed E-state index contributed by atoms with van der Waals surface area (Å²) in [5, 5.41) is 0. The lowest BCUT2D eigenvalue weighted by molar-refractivity contribution is -0.137. The van der Waals surface area contributed by atoms with Crippen molar-refractivity contribution < 1.29 is 41.0 Å². The second-order valence-corrected chi connectivity index (χ2v) is 6.55. The van der Waals surface area contributed by atoms with Gasteiger partial charge in [-0.15, -0.1) is 0 Å². The van der Waals surface area contributed by atoms with Crippen LogP contribution < -0.4 is 9.47 Å². The van der Waals surface area contributed by atoms with Crippen LogP contribution in [0.4, 0.5) is 22.0 Å². The summed E-state index contributed by atoms with van der Waals surface area (Å²) in [5.41, 5.74) is -1.57. The number of hydrogen-bond donors (Lipinski definition) is 0. The zero-order valence-electron chi connectivity index (χ0n) is 15.8. The molecule has 2 aromatic carbocycles. The van der Waals surface area contributed by atoms with Gasteiger partial charge in [-0.05, 0) is 18.2 Å². The zero-order valence-corrected chi connectivity index (χ0v) is 15.8. The van der Waals surface area contributed by atoms with Crippen LogP contribution in [0.15, 0.2) is 36.4 Å². The van der Waals surface area contributed by atoms with E-state index in [0.29, 0.717) is 0 Å². The molecule has 0 spiro atoms. The van der Waals surface area contributed by atoms with E-state index in [9.17, 15) is 26.7 Å². The van der Waals surface area contributed by atoms with Gasteiger partial charge in [0.2, 0.25) is 0 Å². The maximum absolute atomic E-state index is 14.2. The second kappa shape index (κ2) is 8.86. The van der Waals surface area contributed by atoms with Crippen LogP contribution in [-0.4, -0.2) is 50.3 Å². The number of halogens is 5. The number of nitrogens with zero attached hydrogens (tertiary/aromatic N) is 1. The number of carbonyl (C=O) groups excluding carboxylic acids is 1. The van der Waals surface area contributed by atoms with E-state index >= 15 is 0 Å². The molecule has 1 aliphatic heterocycles. The van der Waals surface area contributed by atoms with Crippen LogP contribution in [0.5, 0.6) is 11.5 Å². The van der Waals surface area contributed by atoms with E-state index in [2.05, 4.69) is 0 Å². The summed E-state index contributed by atoms with van der Waals surface area (Å²) in [7, 11) is 1.24. The molecule has 1 unspecified atom stereocenters. The van der Waals surface area contributed by atoms with Gasteiger partial charge in [0, 0.05) is 18.7 Å². The molecule has 5 nitrogen and oxygen atoms in total. The third-order valence-corrected chi connectivity index (χ3v) is 4.49. The van der Waals surface area contributed by atoms with E-state index in [4.69, 9.17) is 14.2 Å². The van der Waals surface area contributed by atoms with Gasteiger partial charge in [-0.1, -0.05) is 6.07 Å². The molecule has 0 saturated carbocycles. The minimum Gasteiger partial charge on any atom is -0.497 e. The number of ether oxygens (including phenoxy) is 3. The lowest BCUT2D eigenvalue weighted by atomic mass is 10.1. The number of hydrogen-bond acceptors (Lipinski definition) is 4. The molecular formula is C20H18F5NO4. The average molecular weight is 431 g/mol. The number of carbonyl (C=O) groups is 1. The van der Waals surface area contributed by atoms with Gasteiger partial charge in [0.05, 0.1) is 25.8 Å². The maximum Gasteiger partial charge on any atom is 0.416 e. The highest BCUT2D eigenvalue weighted by molar-refractivity contribution is 5.95. The quantitative estimate of drug-likeness (QED) is 0.674. The van der Waals surface area contributed by atoms with Crippen LogP contribution in [0, 0.1) is 11.6 Å². The highest BCUT2D eigenvalue weighted by Gasteiger charge is 2.31. The standard InChI is InChI=1S/C20H18F5NO4/c1-28-14-8-16(21)18(17(22)9-14)19(27)26-5-6-29-15(10-26)11-30-13-4-2-3-12(7-13)20(23,24)25/h2-4,7-9,15H,5-6,10-11H2,1H3. The Morgan fingerprint density at radius 3 is 2.50 bits per heavy atom. The molecule has 30 heavy (non-hydrogen) atoms. The van der Waals surface area contributed by atoms with Crippen LogP contribution in [0.2, 0.25) is 0 Å². The molecular weight excluding hydrogens is 413 g/mol. The Morgan fingerprint density at radius 1 is 1.17 bits per heavy atom. The summed E-state index contributed by atoms with van der Waals surface area (Å²) < 4.78 is 82.3. The third kappa shape index (κ3) is 4.99. The van der Waals surface area contributed by atoms with E-state index in [0.717, 1.165) is 24.3 Å². The van der Waals surface area contributed by atoms with Gasteiger partial charge in [-0.25, -0.2) is 8.78 Å². The minimum absolute atomic E-state index is 0.0101. The first-order valence-corrected chi connectivity index (χ1v) is 8.93. The number of methoxy groups -OCH3 is 1. The Hall–Kier alpha value is -2.88. The SMILES string of the molecule is COc1cc(F)c(C(=O)N2CCOC(COc3cccc(C(F)(F)F)c3)C2)c(F)c1. The fourth-order valence-corrected chi connectivity index (χ4v) is 2.99. The first kappa shape index (κ1) is 21.8. The zero-order chi connectivity index (χ0) is 21.9. The molecule has 0 aliphatic carbocycles. The number of amides is 1. The molecule has 0 aromatic heterocycles. The molecule has 3 rings (SSSR count). The topological polar surface area (TPSA) is 48.0 Å². The smallest absolute Gasteiger partial charge is 0.416 e. The first-order chi connectivity index (χ1) is 14.2. The van der Waals surface area contributed by atoms with Crippen LogP contribution in [0.1, 0.15) is 15.9 Å². The van der Waals surface area contributed by atoms with Crippen molar-refractivity contribution >= 4 is 5.91 Å². The normalized spacial score (nSPS) is 17.0. The van der Waals surface area contributed by atoms with E-state index < -0.39 is 40.9 Å². The lowest BCUT2D eigenvalue weighted by Gasteiger charge is -2.33. The molecule has 0 N–H and O–H groups in total. The molecule has 1 aliphatic rings. The summed E-state index contributed by atoms with van der Waals surface area (Å²) in [6.07, 6.45) is -5.18. The highest BCUT2D eigenvalue weighted by Crippen LogP contribution is 2.31. The van der Waals surface area contributed by atoms with Crippen molar-refractivity contribution in [2.24, 2.45) is 0 Å². The van der Waals surface area contributed by atoms with Crippen molar-refractivity contribution in [2.45, 2.75) is 12.3 Å². The average Bonchev–Trinajstić information content (AvgIpc) is 2.71. The molecule has 2 aromatic rings. The summed E-state index contributed by atoms with van der Waals surface area (Å²) in [6.45, 7) is 0.00687. The molecule has 1 saturated heterocycles. The molecule has 1 heterocycles. The fourth-order valence-electron chi connectivity index (χ4n) is 2.99. The Kier molecular flexibility index (Phi) is 6.45. The first-order valence-electron chi connectivity index (χ1n) is 8.93. The predicted molar refractivity (Wildman–Crippen MR) is 95.5 cm³/mol. The van der Waals surface area contributed by atoms with Gasteiger partial charge in [0.25, 0.3) is 5.91 Å². The van der Waals surface area contributed by atoms with Crippen molar-refractivity contribution in [1.29, 1.82) is 0 Å². The number of benzene rings is 2. The summed E-state index contributed by atoms with van der Waals surface area (Å²) >= 11 is 0. The van der Waals surface area contributed by atoms with Gasteiger partial charge in [-0.2, -0.15) is 13.2 Å². The molecule has 162 valence electrons. The summed E-state index contributed by atoms with van der Waals surface area (Å²) in [5.74, 6) is -3.04. The molecule has 1 atom stereocenters. The van der Waals surface area contributed by atoms with Crippen LogP contribution in [0.25, 0.3) is 0 Å². The second-order valence-electron chi connectivity index (χ2n) is 6.55. The fraction of sp³-hybridized carbons (Fsp3) is 0.350. The molecule has 10 heteroatoms. The van der Waals surface area contributed by atoms with E-state index in [1.165, 1.54) is 24.1 Å². The van der Waals surface area contributed by atoms with Crippen molar-refractivity contribution in [2.75, 3.05) is 33.4 Å². The Bertz CT molecular complexity index is 895. The van der Waals surface area contributed by atoms with Crippen molar-refractivity contribution in [3.63, 3.8) is 0 Å². The maximum atomic E-state index is 14.2. The van der Waals surface area contributed by atoms with Crippen molar-refractivity contribution in [3.05, 3.63) is 59.2 Å². The van der Waals surface area contributed by atoms with Gasteiger partial charge < -0.3 is 19.1 Å². The Morgan fingerprint density at radius 2 is 1.87 bits per heavy atom. The van der Waals surface area contributed by atoms with Crippen molar-refractivity contribution in [1.82, 2.24) is 4.90 Å². The molecule has 1 amide bonds.